The van der Waals surface area contributed by atoms with Crippen LogP contribution in [0.2, 0.25) is 0 Å². The fraction of sp³-hybridized carbons (Fsp3) is 0.316. The standard InChI is InChI=1S/C19H20FN2O3S/c1-4-19(5-2)21-18(13-6-8-14(20)9-7-13)16-11-10-15(12-17(16)25-19)22-26(23)24-3/h6-12H,4-5H2,1-3H3/q-1. The van der Waals surface area contributed by atoms with Crippen LogP contribution in [-0.4, -0.2) is 18.5 Å². The average Bonchev–Trinajstić information content (AvgIpc) is 2.67. The number of benzene rings is 2. The van der Waals surface area contributed by atoms with E-state index in [9.17, 15) is 8.60 Å². The molecule has 0 amide bonds. The molecule has 0 aliphatic carbocycles. The Balaban J connectivity index is 2.15. The highest BCUT2D eigenvalue weighted by molar-refractivity contribution is 7.69. The monoisotopic (exact) mass is 375 g/mol. The first-order valence-electron chi connectivity index (χ1n) is 8.37. The highest BCUT2D eigenvalue weighted by Gasteiger charge is 2.34. The predicted molar refractivity (Wildman–Crippen MR) is 99.6 cm³/mol. The summed E-state index contributed by atoms with van der Waals surface area (Å²) in [6, 6.07) is 11.5. The number of halogens is 1. The van der Waals surface area contributed by atoms with Gasteiger partial charge in [-0.1, -0.05) is 24.7 Å². The van der Waals surface area contributed by atoms with Gasteiger partial charge in [0.25, 0.3) is 0 Å². The molecule has 0 N–H and O–H groups in total. The van der Waals surface area contributed by atoms with Gasteiger partial charge in [0.2, 0.25) is 0 Å². The normalized spacial score (nSPS) is 16.5. The molecule has 3 rings (SSSR count). The van der Waals surface area contributed by atoms with Crippen LogP contribution < -0.4 is 4.74 Å². The minimum atomic E-state index is -1.75. The summed E-state index contributed by atoms with van der Waals surface area (Å²) in [6.07, 6.45) is 1.36. The van der Waals surface area contributed by atoms with E-state index in [1.165, 1.54) is 19.2 Å². The minimum Gasteiger partial charge on any atom is -0.465 e. The van der Waals surface area contributed by atoms with Crippen LogP contribution in [0.4, 0.5) is 10.1 Å². The summed E-state index contributed by atoms with van der Waals surface area (Å²) in [5, 5.41) is 0. The van der Waals surface area contributed by atoms with E-state index in [2.05, 4.69) is 8.55 Å². The second kappa shape index (κ2) is 7.55. The van der Waals surface area contributed by atoms with Gasteiger partial charge < -0.3 is 17.5 Å². The maximum absolute atomic E-state index is 13.3. The number of rotatable bonds is 5. The summed E-state index contributed by atoms with van der Waals surface area (Å²) in [6.45, 7) is 4.02. The van der Waals surface area contributed by atoms with Gasteiger partial charge in [0.15, 0.2) is 5.72 Å². The maximum atomic E-state index is 13.3. The van der Waals surface area contributed by atoms with E-state index in [-0.39, 0.29) is 5.82 Å². The topological polar surface area (TPSA) is 60.2 Å². The smallest absolute Gasteiger partial charge is 0.200 e. The first-order chi connectivity index (χ1) is 12.5. The van der Waals surface area contributed by atoms with Crippen LogP contribution >= 0.6 is 0 Å². The molecule has 1 heterocycles. The van der Waals surface area contributed by atoms with Gasteiger partial charge in [-0.25, -0.2) is 9.38 Å². The van der Waals surface area contributed by atoms with Crippen molar-refractivity contribution in [2.45, 2.75) is 32.4 Å². The van der Waals surface area contributed by atoms with E-state index < -0.39 is 16.6 Å². The van der Waals surface area contributed by atoms with Crippen LogP contribution in [0.25, 0.3) is 0 Å². The zero-order chi connectivity index (χ0) is 18.7. The lowest BCUT2D eigenvalue weighted by Crippen LogP contribution is -2.37. The average molecular weight is 375 g/mol. The molecular formula is C19H20FN2O3S-. The molecule has 2 aromatic carbocycles. The summed E-state index contributed by atoms with van der Waals surface area (Å²) in [5.74, 6) is 0.312. The summed E-state index contributed by atoms with van der Waals surface area (Å²) in [7, 11) is -0.425. The molecule has 5 nitrogen and oxygen atoms in total. The van der Waals surface area contributed by atoms with Gasteiger partial charge in [0.1, 0.15) is 11.6 Å². The van der Waals surface area contributed by atoms with Crippen molar-refractivity contribution < 1.29 is 17.5 Å². The number of aliphatic imine (C=N–C) groups is 1. The van der Waals surface area contributed by atoms with Crippen LogP contribution in [0, 0.1) is 5.82 Å². The van der Waals surface area contributed by atoms with Crippen molar-refractivity contribution in [3.05, 3.63) is 59.4 Å². The third-order valence-corrected chi connectivity index (χ3v) is 5.03. The molecule has 1 aliphatic rings. The van der Waals surface area contributed by atoms with Crippen molar-refractivity contribution in [2.75, 3.05) is 7.11 Å². The van der Waals surface area contributed by atoms with Crippen molar-refractivity contribution in [1.29, 1.82) is 0 Å². The van der Waals surface area contributed by atoms with Crippen molar-refractivity contribution in [3.8, 4) is 5.75 Å². The number of hydrogen-bond acceptors (Lipinski definition) is 6. The molecular weight excluding hydrogens is 355 g/mol. The first kappa shape index (κ1) is 18.5. The van der Waals surface area contributed by atoms with Crippen molar-refractivity contribution in [2.24, 2.45) is 9.36 Å². The number of fused-ring (bicyclic) bond motifs is 1. The Morgan fingerprint density at radius 2 is 1.88 bits per heavy atom. The molecule has 2 aromatic rings. The van der Waals surface area contributed by atoms with Crippen LogP contribution in [0.15, 0.2) is 51.8 Å². The second-order valence-corrected chi connectivity index (χ2v) is 6.83. The SMILES string of the molecule is CCC1(CC)N=C(c2ccc(F)cc2)c2ccc(N=[S-](=O)OC)cc2O1. The lowest BCUT2D eigenvalue weighted by atomic mass is 9.96. The Bertz CT molecular complexity index is 915. The molecule has 26 heavy (non-hydrogen) atoms. The minimum absolute atomic E-state index is 0.296. The molecule has 0 radical (unpaired) electrons. The highest BCUT2D eigenvalue weighted by atomic mass is 32.2. The van der Waals surface area contributed by atoms with E-state index >= 15 is 0 Å². The molecule has 0 unspecified atom stereocenters. The molecule has 0 saturated heterocycles. The Labute approximate surface area is 154 Å². The molecule has 1 aliphatic heterocycles. The molecule has 0 bridgehead atoms. The fourth-order valence-corrected chi connectivity index (χ4v) is 3.20. The summed E-state index contributed by atoms with van der Waals surface area (Å²) in [4.78, 5) is 4.85. The zero-order valence-electron chi connectivity index (χ0n) is 14.9. The maximum Gasteiger partial charge on any atom is 0.200 e. The third-order valence-electron chi connectivity index (χ3n) is 4.38. The number of ether oxygens (including phenoxy) is 1. The third kappa shape index (κ3) is 3.64. The summed E-state index contributed by atoms with van der Waals surface area (Å²) < 4.78 is 39.7. The summed E-state index contributed by atoms with van der Waals surface area (Å²) >= 11 is 0. The largest absolute Gasteiger partial charge is 0.465 e. The van der Waals surface area contributed by atoms with E-state index in [1.54, 1.807) is 24.3 Å². The van der Waals surface area contributed by atoms with Crippen LogP contribution in [0.5, 0.6) is 5.75 Å². The second-order valence-electron chi connectivity index (χ2n) is 5.88. The summed E-state index contributed by atoms with van der Waals surface area (Å²) in [5.41, 5.74) is 2.14. The Hall–Kier alpha value is -2.25. The number of nitrogens with zero attached hydrogens (tertiary/aromatic N) is 2. The molecule has 0 aromatic heterocycles. The quantitative estimate of drug-likeness (QED) is 0.698. The van der Waals surface area contributed by atoms with Gasteiger partial charge in [-0.3, -0.25) is 0 Å². The van der Waals surface area contributed by atoms with Crippen LogP contribution in [0.3, 0.4) is 0 Å². The number of hydrogen-bond donors (Lipinski definition) is 0. The van der Waals surface area contributed by atoms with Crippen molar-refractivity contribution >= 4 is 22.3 Å². The molecule has 0 atom stereocenters. The lowest BCUT2D eigenvalue weighted by Gasteiger charge is -2.35. The van der Waals surface area contributed by atoms with Crippen LogP contribution in [0.1, 0.15) is 37.8 Å². The van der Waals surface area contributed by atoms with Crippen LogP contribution in [-0.2, 0) is 19.3 Å². The van der Waals surface area contributed by atoms with E-state index in [0.717, 1.165) is 16.8 Å². The van der Waals surface area contributed by atoms with Crippen molar-refractivity contribution in [1.82, 2.24) is 0 Å². The Morgan fingerprint density at radius 1 is 1.19 bits per heavy atom. The van der Waals surface area contributed by atoms with Gasteiger partial charge in [-0.15, -0.1) is 0 Å². The molecule has 7 heteroatoms. The van der Waals surface area contributed by atoms with Crippen molar-refractivity contribution in [3.63, 3.8) is 0 Å². The fourth-order valence-electron chi connectivity index (χ4n) is 2.84. The van der Waals surface area contributed by atoms with Gasteiger partial charge in [-0.2, -0.15) is 0 Å². The van der Waals surface area contributed by atoms with Gasteiger partial charge in [-0.05, 0) is 36.4 Å². The Kier molecular flexibility index (Phi) is 5.38. The molecule has 0 fully saturated rings. The molecule has 138 valence electrons. The molecule has 0 saturated carbocycles. The van der Waals surface area contributed by atoms with E-state index in [1.807, 2.05) is 19.9 Å². The first-order valence-corrected chi connectivity index (χ1v) is 9.40. The van der Waals surface area contributed by atoms with Gasteiger partial charge in [0.05, 0.1) is 5.71 Å². The predicted octanol–water partition coefficient (Wildman–Crippen LogP) is 4.91. The van der Waals surface area contributed by atoms with E-state index in [4.69, 9.17) is 9.73 Å². The lowest BCUT2D eigenvalue weighted by molar-refractivity contribution is 0.0660. The van der Waals surface area contributed by atoms with Gasteiger partial charge in [0, 0.05) is 42.8 Å². The van der Waals surface area contributed by atoms with E-state index in [0.29, 0.717) is 24.3 Å². The Morgan fingerprint density at radius 3 is 2.50 bits per heavy atom. The van der Waals surface area contributed by atoms with Gasteiger partial charge >= 0.3 is 0 Å². The zero-order valence-corrected chi connectivity index (χ0v) is 15.7. The highest BCUT2D eigenvalue weighted by Crippen LogP contribution is 2.38. The molecule has 0 spiro atoms.